The van der Waals surface area contributed by atoms with E-state index in [4.69, 9.17) is 14.9 Å². The molecule has 0 fully saturated rings. The van der Waals surface area contributed by atoms with Crippen molar-refractivity contribution in [2.24, 2.45) is 0 Å². The average molecular weight is 329 g/mol. The van der Waals surface area contributed by atoms with Crippen molar-refractivity contribution in [2.45, 2.75) is 12.5 Å². The van der Waals surface area contributed by atoms with Crippen LogP contribution in [0, 0.1) is 0 Å². The number of carbonyl (C=O) groups is 3. The molecule has 0 saturated carbocycles. The number of amides is 1. The first kappa shape index (κ1) is 17.0. The van der Waals surface area contributed by atoms with Crippen molar-refractivity contribution in [3.8, 4) is 0 Å². The lowest BCUT2D eigenvalue weighted by atomic mass is 10.2. The first-order chi connectivity index (χ1) is 11.5. The minimum absolute atomic E-state index is 0.466. The second-order valence-electron chi connectivity index (χ2n) is 4.82. The summed E-state index contributed by atoms with van der Waals surface area (Å²) in [5, 5.41) is 17.8. The van der Waals surface area contributed by atoms with Gasteiger partial charge in [-0.3, -0.25) is 4.79 Å². The van der Waals surface area contributed by atoms with Gasteiger partial charge in [-0.1, -0.05) is 36.4 Å². The summed E-state index contributed by atoms with van der Waals surface area (Å²) >= 11 is 0. The van der Waals surface area contributed by atoms with Crippen LogP contribution in [0.5, 0.6) is 0 Å². The fraction of sp³-hybridized carbons (Fsp3) is 0.118. The molecule has 0 saturated heterocycles. The molecule has 0 bridgehead atoms. The molecule has 0 heterocycles. The van der Waals surface area contributed by atoms with E-state index < -0.39 is 30.6 Å². The van der Waals surface area contributed by atoms with Crippen LogP contribution in [0.4, 0.5) is 16.2 Å². The molecule has 0 radical (unpaired) electrons. The summed E-state index contributed by atoms with van der Waals surface area (Å²) in [5.74, 6) is -2.90. The van der Waals surface area contributed by atoms with Crippen LogP contribution < -0.4 is 4.90 Å². The highest BCUT2D eigenvalue weighted by atomic mass is 16.6. The fourth-order valence-corrected chi connectivity index (χ4v) is 2.03. The number of para-hydroxylation sites is 2. The van der Waals surface area contributed by atoms with Gasteiger partial charge in [0.25, 0.3) is 0 Å². The van der Waals surface area contributed by atoms with Crippen LogP contribution in [-0.4, -0.2) is 34.3 Å². The van der Waals surface area contributed by atoms with Gasteiger partial charge in [0.1, 0.15) is 0 Å². The number of ether oxygens (including phenoxy) is 1. The van der Waals surface area contributed by atoms with Gasteiger partial charge in [0.2, 0.25) is 6.10 Å². The van der Waals surface area contributed by atoms with E-state index >= 15 is 0 Å². The highest BCUT2D eigenvalue weighted by molar-refractivity contribution is 5.97. The van der Waals surface area contributed by atoms with E-state index in [2.05, 4.69) is 0 Å². The molecule has 0 aliphatic heterocycles. The number of carboxylic acids is 2. The molecule has 0 aromatic heterocycles. The van der Waals surface area contributed by atoms with Crippen LogP contribution in [0.1, 0.15) is 6.42 Å². The van der Waals surface area contributed by atoms with Crippen LogP contribution in [0.25, 0.3) is 0 Å². The number of nitrogens with zero attached hydrogens (tertiary/aromatic N) is 1. The summed E-state index contributed by atoms with van der Waals surface area (Å²) in [6.45, 7) is 0. The molecule has 1 unspecified atom stereocenters. The third-order valence-corrected chi connectivity index (χ3v) is 3.09. The monoisotopic (exact) mass is 329 g/mol. The predicted molar refractivity (Wildman–Crippen MR) is 85.2 cm³/mol. The number of carbonyl (C=O) groups excluding carboxylic acids is 1. The van der Waals surface area contributed by atoms with Gasteiger partial charge >= 0.3 is 18.0 Å². The molecule has 7 nitrogen and oxygen atoms in total. The highest BCUT2D eigenvalue weighted by Crippen LogP contribution is 2.26. The summed E-state index contributed by atoms with van der Waals surface area (Å²) < 4.78 is 4.90. The van der Waals surface area contributed by atoms with E-state index in [0.29, 0.717) is 11.4 Å². The first-order valence-corrected chi connectivity index (χ1v) is 7.04. The van der Waals surface area contributed by atoms with Crippen molar-refractivity contribution in [3.63, 3.8) is 0 Å². The molecule has 2 N–H and O–H groups in total. The zero-order valence-corrected chi connectivity index (χ0v) is 12.5. The highest BCUT2D eigenvalue weighted by Gasteiger charge is 2.29. The third kappa shape index (κ3) is 4.33. The van der Waals surface area contributed by atoms with Crippen molar-refractivity contribution < 1.29 is 29.3 Å². The Hall–Kier alpha value is -3.35. The quantitative estimate of drug-likeness (QED) is 0.844. The lowest BCUT2D eigenvalue weighted by Gasteiger charge is -2.24. The topological polar surface area (TPSA) is 104 Å². The van der Waals surface area contributed by atoms with Gasteiger partial charge in [0.15, 0.2) is 0 Å². The second kappa shape index (κ2) is 7.77. The maximum absolute atomic E-state index is 12.5. The zero-order chi connectivity index (χ0) is 17.5. The predicted octanol–water partition coefficient (Wildman–Crippen LogP) is 2.89. The molecule has 1 amide bonds. The van der Waals surface area contributed by atoms with E-state index in [1.165, 1.54) is 4.90 Å². The van der Waals surface area contributed by atoms with Crippen molar-refractivity contribution in [1.29, 1.82) is 0 Å². The molecular formula is C17H15NO6. The maximum atomic E-state index is 12.5. The van der Waals surface area contributed by atoms with Gasteiger partial charge in [-0.25, -0.2) is 14.5 Å². The molecule has 1 atom stereocenters. The minimum atomic E-state index is -1.77. The van der Waals surface area contributed by atoms with Crippen molar-refractivity contribution >= 4 is 29.4 Å². The van der Waals surface area contributed by atoms with Crippen LogP contribution in [-0.2, 0) is 14.3 Å². The molecule has 24 heavy (non-hydrogen) atoms. The molecule has 0 aliphatic rings. The number of rotatable bonds is 6. The van der Waals surface area contributed by atoms with Crippen LogP contribution in [0.3, 0.4) is 0 Å². The Morgan fingerprint density at radius 3 is 1.71 bits per heavy atom. The number of anilines is 2. The van der Waals surface area contributed by atoms with Crippen molar-refractivity contribution in [3.05, 3.63) is 60.7 Å². The van der Waals surface area contributed by atoms with Gasteiger partial charge in [-0.2, -0.15) is 0 Å². The average Bonchev–Trinajstić information content (AvgIpc) is 2.56. The summed E-state index contributed by atoms with van der Waals surface area (Å²) in [4.78, 5) is 35.5. The summed E-state index contributed by atoms with van der Waals surface area (Å²) in [6.07, 6.45) is -3.57. The van der Waals surface area contributed by atoms with Gasteiger partial charge < -0.3 is 14.9 Å². The van der Waals surface area contributed by atoms with E-state index in [-0.39, 0.29) is 0 Å². The number of aliphatic carboxylic acids is 2. The smallest absolute Gasteiger partial charge is 0.419 e. The lowest BCUT2D eigenvalue weighted by Crippen LogP contribution is -2.35. The zero-order valence-electron chi connectivity index (χ0n) is 12.5. The Bertz CT molecular complexity index is 677. The Kier molecular flexibility index (Phi) is 5.51. The van der Waals surface area contributed by atoms with Gasteiger partial charge in [-0.15, -0.1) is 0 Å². The summed E-state index contributed by atoms with van der Waals surface area (Å²) in [7, 11) is 0. The Morgan fingerprint density at radius 1 is 0.875 bits per heavy atom. The molecule has 124 valence electrons. The molecular weight excluding hydrogens is 314 g/mol. The molecule has 0 spiro atoms. The van der Waals surface area contributed by atoms with Crippen LogP contribution in [0.15, 0.2) is 60.7 Å². The Morgan fingerprint density at radius 2 is 1.33 bits per heavy atom. The Labute approximate surface area is 137 Å². The van der Waals surface area contributed by atoms with E-state index in [1.54, 1.807) is 60.7 Å². The standard InChI is InChI=1S/C17H15NO6/c19-15(20)11-14(16(21)22)24-17(23)18(12-7-3-1-4-8-12)13-9-5-2-6-10-13/h1-10,14H,11H2,(H,19,20)(H,21,22). The lowest BCUT2D eigenvalue weighted by molar-refractivity contribution is -0.152. The molecule has 0 aliphatic carbocycles. The van der Waals surface area contributed by atoms with E-state index in [9.17, 15) is 14.4 Å². The second-order valence-corrected chi connectivity index (χ2v) is 4.82. The third-order valence-electron chi connectivity index (χ3n) is 3.09. The molecule has 2 aromatic rings. The normalized spacial score (nSPS) is 11.3. The molecule has 2 aromatic carbocycles. The number of hydrogen-bond acceptors (Lipinski definition) is 4. The molecule has 2 rings (SSSR count). The van der Waals surface area contributed by atoms with Crippen molar-refractivity contribution in [1.82, 2.24) is 0 Å². The number of carboxylic acid groups (broad SMARTS) is 2. The number of benzene rings is 2. The minimum Gasteiger partial charge on any atom is -0.481 e. The largest absolute Gasteiger partial charge is 0.481 e. The maximum Gasteiger partial charge on any atom is 0.419 e. The van der Waals surface area contributed by atoms with Crippen LogP contribution in [0.2, 0.25) is 0 Å². The van der Waals surface area contributed by atoms with Gasteiger partial charge in [0.05, 0.1) is 17.8 Å². The van der Waals surface area contributed by atoms with E-state index in [1.807, 2.05) is 0 Å². The summed E-state index contributed by atoms with van der Waals surface area (Å²) in [6, 6.07) is 17.0. The fourth-order valence-electron chi connectivity index (χ4n) is 2.03. The first-order valence-electron chi connectivity index (χ1n) is 7.04. The van der Waals surface area contributed by atoms with Crippen LogP contribution >= 0.6 is 0 Å². The summed E-state index contributed by atoms with van der Waals surface area (Å²) in [5.41, 5.74) is 0.932. The Balaban J connectivity index is 2.32. The number of hydrogen-bond donors (Lipinski definition) is 2. The SMILES string of the molecule is O=C(O)CC(OC(=O)N(c1ccccc1)c1ccccc1)C(=O)O. The van der Waals surface area contributed by atoms with Gasteiger partial charge in [0, 0.05) is 0 Å². The van der Waals surface area contributed by atoms with Gasteiger partial charge in [-0.05, 0) is 24.3 Å². The van der Waals surface area contributed by atoms with E-state index in [0.717, 1.165) is 0 Å². The van der Waals surface area contributed by atoms with Crippen molar-refractivity contribution in [2.75, 3.05) is 4.90 Å². The molecule has 7 heteroatoms.